The lowest BCUT2D eigenvalue weighted by atomic mass is 10.0. The van der Waals surface area contributed by atoms with E-state index in [2.05, 4.69) is 22.8 Å². The highest BCUT2D eigenvalue weighted by molar-refractivity contribution is 5.90. The van der Waals surface area contributed by atoms with Crippen LogP contribution in [0, 0.1) is 5.92 Å². The molecular formula is C20H22N2O2. The SMILES string of the molecule is O=C(Nc1ccccc1Cc1ccccc1)N[C@@H]1C=C[C@H](CO)C1. The van der Waals surface area contributed by atoms with Crippen LogP contribution in [0.4, 0.5) is 10.5 Å². The number of para-hydroxylation sites is 1. The van der Waals surface area contributed by atoms with Crippen molar-refractivity contribution in [3.8, 4) is 0 Å². The van der Waals surface area contributed by atoms with Crippen LogP contribution in [0.25, 0.3) is 0 Å². The standard InChI is InChI=1S/C20H22N2O2/c23-14-16-10-11-18(13-16)21-20(24)22-19-9-5-4-8-17(19)12-15-6-2-1-3-7-15/h1-11,16,18,23H,12-14H2,(H2,21,22,24)/t16-,18+/m0/s1. The second-order valence-electron chi connectivity index (χ2n) is 6.09. The van der Waals surface area contributed by atoms with Gasteiger partial charge in [-0.2, -0.15) is 0 Å². The first kappa shape index (κ1) is 16.3. The van der Waals surface area contributed by atoms with E-state index in [1.165, 1.54) is 5.56 Å². The van der Waals surface area contributed by atoms with E-state index >= 15 is 0 Å². The van der Waals surface area contributed by atoms with Gasteiger partial charge in [0.25, 0.3) is 0 Å². The van der Waals surface area contributed by atoms with Gasteiger partial charge in [0.15, 0.2) is 0 Å². The molecule has 124 valence electrons. The summed E-state index contributed by atoms with van der Waals surface area (Å²) in [5.41, 5.74) is 3.10. The molecule has 2 atom stereocenters. The Labute approximate surface area is 142 Å². The minimum absolute atomic E-state index is 0.0246. The molecule has 0 fully saturated rings. The largest absolute Gasteiger partial charge is 0.396 e. The molecule has 0 spiro atoms. The minimum atomic E-state index is -0.219. The van der Waals surface area contributed by atoms with Crippen LogP contribution in [0.1, 0.15) is 17.5 Å². The Kier molecular flexibility index (Phi) is 5.29. The van der Waals surface area contributed by atoms with Crippen molar-refractivity contribution in [3.05, 3.63) is 77.9 Å². The van der Waals surface area contributed by atoms with Crippen LogP contribution < -0.4 is 10.6 Å². The molecule has 0 radical (unpaired) electrons. The average molecular weight is 322 g/mol. The first-order valence-corrected chi connectivity index (χ1v) is 8.23. The van der Waals surface area contributed by atoms with Gasteiger partial charge >= 0.3 is 6.03 Å². The first-order chi connectivity index (χ1) is 11.7. The van der Waals surface area contributed by atoms with Crippen LogP contribution in [-0.2, 0) is 6.42 Å². The maximum Gasteiger partial charge on any atom is 0.319 e. The number of carbonyl (C=O) groups is 1. The van der Waals surface area contributed by atoms with Crippen molar-refractivity contribution in [2.24, 2.45) is 5.92 Å². The van der Waals surface area contributed by atoms with E-state index in [1.54, 1.807) is 0 Å². The topological polar surface area (TPSA) is 61.4 Å². The van der Waals surface area contributed by atoms with Crippen LogP contribution >= 0.6 is 0 Å². The monoisotopic (exact) mass is 322 g/mol. The summed E-state index contributed by atoms with van der Waals surface area (Å²) in [7, 11) is 0. The van der Waals surface area contributed by atoms with E-state index in [4.69, 9.17) is 5.11 Å². The second kappa shape index (κ2) is 7.79. The molecular weight excluding hydrogens is 300 g/mol. The quantitative estimate of drug-likeness (QED) is 0.739. The van der Waals surface area contributed by atoms with E-state index in [0.29, 0.717) is 0 Å². The molecule has 1 aliphatic rings. The number of benzene rings is 2. The van der Waals surface area contributed by atoms with Crippen LogP contribution in [0.3, 0.4) is 0 Å². The summed E-state index contributed by atoms with van der Waals surface area (Å²) in [6.45, 7) is 0.121. The summed E-state index contributed by atoms with van der Waals surface area (Å²) in [5, 5.41) is 15.0. The summed E-state index contributed by atoms with van der Waals surface area (Å²) >= 11 is 0. The van der Waals surface area contributed by atoms with Crippen molar-refractivity contribution in [1.29, 1.82) is 0 Å². The van der Waals surface area contributed by atoms with Crippen molar-refractivity contribution in [3.63, 3.8) is 0 Å². The van der Waals surface area contributed by atoms with Crippen molar-refractivity contribution < 1.29 is 9.90 Å². The minimum Gasteiger partial charge on any atom is -0.396 e. The highest BCUT2D eigenvalue weighted by Gasteiger charge is 2.19. The predicted molar refractivity (Wildman–Crippen MR) is 96.0 cm³/mol. The molecule has 0 aromatic heterocycles. The van der Waals surface area contributed by atoms with Gasteiger partial charge in [0.05, 0.1) is 0 Å². The highest BCUT2D eigenvalue weighted by Crippen LogP contribution is 2.20. The Balaban J connectivity index is 1.63. The average Bonchev–Trinajstić information content (AvgIpc) is 3.05. The Morgan fingerprint density at radius 1 is 1.04 bits per heavy atom. The van der Waals surface area contributed by atoms with Gasteiger partial charge in [-0.1, -0.05) is 60.7 Å². The van der Waals surface area contributed by atoms with Gasteiger partial charge in [0.2, 0.25) is 0 Å². The van der Waals surface area contributed by atoms with Crippen LogP contribution in [0.2, 0.25) is 0 Å². The third-order valence-corrected chi connectivity index (χ3v) is 4.23. The predicted octanol–water partition coefficient (Wildman–Crippen LogP) is 3.34. The Morgan fingerprint density at radius 3 is 2.54 bits per heavy atom. The fourth-order valence-electron chi connectivity index (χ4n) is 2.96. The zero-order chi connectivity index (χ0) is 16.8. The number of aliphatic hydroxyl groups is 1. The number of aliphatic hydroxyl groups excluding tert-OH is 1. The Hall–Kier alpha value is -2.59. The molecule has 4 nitrogen and oxygen atoms in total. The Morgan fingerprint density at radius 2 is 1.79 bits per heavy atom. The number of rotatable bonds is 5. The molecule has 2 aromatic rings. The molecule has 2 amide bonds. The zero-order valence-electron chi connectivity index (χ0n) is 13.5. The molecule has 0 saturated heterocycles. The van der Waals surface area contributed by atoms with Gasteiger partial charge in [0, 0.05) is 24.3 Å². The lowest BCUT2D eigenvalue weighted by molar-refractivity contribution is 0.238. The summed E-state index contributed by atoms with van der Waals surface area (Å²) < 4.78 is 0. The summed E-state index contributed by atoms with van der Waals surface area (Å²) in [6.07, 6.45) is 5.41. The smallest absolute Gasteiger partial charge is 0.319 e. The van der Waals surface area contributed by atoms with Gasteiger partial charge in [-0.25, -0.2) is 4.79 Å². The lowest BCUT2D eigenvalue weighted by Gasteiger charge is -2.15. The molecule has 1 aliphatic carbocycles. The normalized spacial score (nSPS) is 19.2. The molecule has 0 unspecified atom stereocenters. The van der Waals surface area contributed by atoms with Gasteiger partial charge in [-0.05, 0) is 30.0 Å². The van der Waals surface area contributed by atoms with Crippen molar-refractivity contribution >= 4 is 11.7 Å². The number of anilines is 1. The highest BCUT2D eigenvalue weighted by atomic mass is 16.3. The van der Waals surface area contributed by atoms with Gasteiger partial charge in [-0.15, -0.1) is 0 Å². The van der Waals surface area contributed by atoms with E-state index in [1.807, 2.05) is 54.6 Å². The van der Waals surface area contributed by atoms with Crippen molar-refractivity contribution in [2.75, 3.05) is 11.9 Å². The summed E-state index contributed by atoms with van der Waals surface area (Å²) in [4.78, 5) is 12.2. The Bertz CT molecular complexity index is 713. The number of hydrogen-bond acceptors (Lipinski definition) is 2. The summed E-state index contributed by atoms with van der Waals surface area (Å²) in [6, 6.07) is 17.8. The molecule has 2 aromatic carbocycles. The van der Waals surface area contributed by atoms with Gasteiger partial charge < -0.3 is 15.7 Å². The van der Waals surface area contributed by atoms with Gasteiger partial charge in [-0.3, -0.25) is 0 Å². The van der Waals surface area contributed by atoms with Crippen LogP contribution in [0.15, 0.2) is 66.7 Å². The van der Waals surface area contributed by atoms with Gasteiger partial charge in [0.1, 0.15) is 0 Å². The third-order valence-electron chi connectivity index (χ3n) is 4.23. The van der Waals surface area contributed by atoms with E-state index in [-0.39, 0.29) is 24.6 Å². The number of hydrogen-bond donors (Lipinski definition) is 3. The first-order valence-electron chi connectivity index (χ1n) is 8.23. The third kappa shape index (κ3) is 4.24. The molecule has 4 heteroatoms. The number of amides is 2. The van der Waals surface area contributed by atoms with Crippen molar-refractivity contribution in [2.45, 2.75) is 18.9 Å². The molecule has 3 rings (SSSR count). The number of carbonyl (C=O) groups excluding carboxylic acids is 1. The van der Waals surface area contributed by atoms with E-state index in [0.717, 1.165) is 24.1 Å². The fourth-order valence-corrected chi connectivity index (χ4v) is 2.96. The summed E-state index contributed by atoms with van der Waals surface area (Å²) in [5.74, 6) is 0.140. The lowest BCUT2D eigenvalue weighted by Crippen LogP contribution is -2.36. The van der Waals surface area contributed by atoms with Crippen molar-refractivity contribution in [1.82, 2.24) is 5.32 Å². The molecule has 24 heavy (non-hydrogen) atoms. The van der Waals surface area contributed by atoms with Crippen LogP contribution in [-0.4, -0.2) is 23.8 Å². The maximum absolute atomic E-state index is 12.2. The molecule has 3 N–H and O–H groups in total. The molecule has 0 saturated carbocycles. The second-order valence-corrected chi connectivity index (χ2v) is 6.09. The van der Waals surface area contributed by atoms with E-state index < -0.39 is 0 Å². The van der Waals surface area contributed by atoms with E-state index in [9.17, 15) is 4.79 Å². The number of urea groups is 1. The maximum atomic E-state index is 12.2. The fraction of sp³-hybridized carbons (Fsp3) is 0.250. The molecule has 0 bridgehead atoms. The molecule has 0 aliphatic heterocycles. The zero-order valence-corrected chi connectivity index (χ0v) is 13.5. The molecule has 0 heterocycles. The van der Waals surface area contributed by atoms with Crippen LogP contribution in [0.5, 0.6) is 0 Å². The number of nitrogens with one attached hydrogen (secondary N) is 2.